The zero-order chi connectivity index (χ0) is 13.2. The van der Waals surface area contributed by atoms with E-state index < -0.39 is 0 Å². The minimum Gasteiger partial charge on any atom is -0.495 e. The van der Waals surface area contributed by atoms with Crippen molar-refractivity contribution in [1.29, 1.82) is 5.26 Å². The number of nitrogens with zero attached hydrogens (tertiary/aromatic N) is 2. The van der Waals surface area contributed by atoms with E-state index in [4.69, 9.17) is 10.00 Å². The zero-order valence-electron chi connectivity index (χ0n) is 11.3. The summed E-state index contributed by atoms with van der Waals surface area (Å²) >= 11 is 0. The lowest BCUT2D eigenvalue weighted by molar-refractivity contribution is 0.409. The van der Waals surface area contributed by atoms with E-state index in [1.54, 1.807) is 7.11 Å². The first kappa shape index (κ1) is 12.8. The second kappa shape index (κ2) is 4.89. The number of methoxy groups -OCH3 is 1. The highest BCUT2D eigenvalue weighted by atomic mass is 16.5. The van der Waals surface area contributed by atoms with Crippen molar-refractivity contribution < 1.29 is 4.74 Å². The minimum absolute atomic E-state index is 0.0795. The molecule has 96 valence electrons. The topological polar surface area (TPSA) is 36.3 Å². The van der Waals surface area contributed by atoms with Crippen molar-refractivity contribution in [2.75, 3.05) is 18.6 Å². The van der Waals surface area contributed by atoms with Crippen LogP contribution >= 0.6 is 0 Å². The molecule has 3 heteroatoms. The summed E-state index contributed by atoms with van der Waals surface area (Å²) < 4.78 is 5.44. The van der Waals surface area contributed by atoms with Crippen LogP contribution in [-0.4, -0.2) is 19.2 Å². The van der Waals surface area contributed by atoms with Gasteiger partial charge in [0.1, 0.15) is 5.75 Å². The Balaban J connectivity index is 2.30. The molecule has 1 saturated heterocycles. The van der Waals surface area contributed by atoms with Gasteiger partial charge in [0.15, 0.2) is 0 Å². The molecule has 1 aliphatic heterocycles. The van der Waals surface area contributed by atoms with E-state index in [0.29, 0.717) is 12.3 Å². The van der Waals surface area contributed by atoms with Gasteiger partial charge in [0.2, 0.25) is 0 Å². The fraction of sp³-hybridized carbons (Fsp3) is 0.533. The van der Waals surface area contributed by atoms with E-state index in [-0.39, 0.29) is 5.54 Å². The average Bonchev–Trinajstić information content (AvgIpc) is 2.64. The molecule has 0 N–H and O–H groups in total. The third-order valence-corrected chi connectivity index (χ3v) is 3.72. The average molecular weight is 244 g/mol. The van der Waals surface area contributed by atoms with Crippen molar-refractivity contribution >= 4 is 5.69 Å². The van der Waals surface area contributed by atoms with Gasteiger partial charge in [0.25, 0.3) is 0 Å². The predicted molar refractivity (Wildman–Crippen MR) is 72.8 cm³/mol. The summed E-state index contributed by atoms with van der Waals surface area (Å²) in [5.41, 5.74) is 1.21. The highest BCUT2D eigenvalue weighted by molar-refractivity contribution is 5.60. The van der Waals surface area contributed by atoms with Gasteiger partial charge in [0.05, 0.1) is 18.9 Å². The molecule has 1 unspecified atom stereocenters. The number of ether oxygens (including phenoxy) is 1. The van der Waals surface area contributed by atoms with Gasteiger partial charge < -0.3 is 9.64 Å². The van der Waals surface area contributed by atoms with Crippen LogP contribution in [0.5, 0.6) is 5.75 Å². The molecule has 0 spiro atoms. The Kier molecular flexibility index (Phi) is 3.47. The van der Waals surface area contributed by atoms with Crippen LogP contribution in [-0.2, 0) is 0 Å². The number of hydrogen-bond acceptors (Lipinski definition) is 3. The maximum Gasteiger partial charge on any atom is 0.142 e. The number of nitriles is 1. The first-order valence-corrected chi connectivity index (χ1v) is 6.36. The zero-order valence-corrected chi connectivity index (χ0v) is 11.3. The standard InChI is InChI=1S/C15H20N2O/c1-15(2)10-12(8-9-16)11-17(15)13-6-4-5-7-14(13)18-3/h4-7,12H,8,10-11H2,1-3H3. The van der Waals surface area contributed by atoms with Crippen LogP contribution in [0.3, 0.4) is 0 Å². The molecule has 0 aliphatic carbocycles. The van der Waals surface area contributed by atoms with E-state index in [1.165, 1.54) is 0 Å². The lowest BCUT2D eigenvalue weighted by Gasteiger charge is -2.34. The molecule has 0 aromatic heterocycles. The summed E-state index contributed by atoms with van der Waals surface area (Å²) in [7, 11) is 1.70. The Labute approximate surface area is 109 Å². The summed E-state index contributed by atoms with van der Waals surface area (Å²) in [6.07, 6.45) is 1.69. The Bertz CT molecular complexity index is 462. The largest absolute Gasteiger partial charge is 0.495 e. The van der Waals surface area contributed by atoms with Crippen molar-refractivity contribution in [2.45, 2.75) is 32.2 Å². The molecule has 3 nitrogen and oxygen atoms in total. The highest BCUT2D eigenvalue weighted by Crippen LogP contribution is 2.41. The van der Waals surface area contributed by atoms with Crippen LogP contribution in [0.4, 0.5) is 5.69 Å². The van der Waals surface area contributed by atoms with Gasteiger partial charge in [-0.3, -0.25) is 0 Å². The Morgan fingerprint density at radius 3 is 2.83 bits per heavy atom. The van der Waals surface area contributed by atoms with E-state index >= 15 is 0 Å². The molecule has 18 heavy (non-hydrogen) atoms. The Hall–Kier alpha value is -1.69. The minimum atomic E-state index is 0.0795. The van der Waals surface area contributed by atoms with Crippen molar-refractivity contribution in [3.8, 4) is 11.8 Å². The molecule has 1 fully saturated rings. The molecule has 1 aromatic rings. The number of rotatable bonds is 3. The van der Waals surface area contributed by atoms with E-state index in [2.05, 4.69) is 30.9 Å². The lowest BCUT2D eigenvalue weighted by Crippen LogP contribution is -2.38. The fourth-order valence-electron chi connectivity index (χ4n) is 2.93. The van der Waals surface area contributed by atoms with Gasteiger partial charge in [-0.05, 0) is 38.3 Å². The Morgan fingerprint density at radius 1 is 1.44 bits per heavy atom. The molecule has 0 radical (unpaired) electrons. The Morgan fingerprint density at radius 2 is 2.17 bits per heavy atom. The lowest BCUT2D eigenvalue weighted by atomic mass is 9.94. The molecule has 0 amide bonds. The number of anilines is 1. The van der Waals surface area contributed by atoms with Gasteiger partial charge in [-0.2, -0.15) is 5.26 Å². The first-order valence-electron chi connectivity index (χ1n) is 6.36. The summed E-state index contributed by atoms with van der Waals surface area (Å²) in [6.45, 7) is 5.40. The maximum atomic E-state index is 8.86. The first-order chi connectivity index (χ1) is 8.58. The van der Waals surface area contributed by atoms with Gasteiger partial charge in [0, 0.05) is 18.5 Å². The van der Waals surface area contributed by atoms with Crippen molar-refractivity contribution in [1.82, 2.24) is 0 Å². The molecule has 2 rings (SSSR count). The second-order valence-corrected chi connectivity index (χ2v) is 5.53. The highest BCUT2D eigenvalue weighted by Gasteiger charge is 2.39. The van der Waals surface area contributed by atoms with E-state index in [1.807, 2.05) is 18.2 Å². The third-order valence-electron chi connectivity index (χ3n) is 3.72. The monoisotopic (exact) mass is 244 g/mol. The van der Waals surface area contributed by atoms with Crippen LogP contribution in [0, 0.1) is 17.2 Å². The van der Waals surface area contributed by atoms with E-state index in [9.17, 15) is 0 Å². The summed E-state index contributed by atoms with van der Waals surface area (Å²) in [4.78, 5) is 2.37. The molecule has 1 aromatic carbocycles. The molecule has 0 bridgehead atoms. The van der Waals surface area contributed by atoms with E-state index in [0.717, 1.165) is 24.4 Å². The number of para-hydroxylation sites is 2. The summed E-state index contributed by atoms with van der Waals surface area (Å²) in [5, 5.41) is 8.86. The van der Waals surface area contributed by atoms with Gasteiger partial charge in [-0.1, -0.05) is 12.1 Å². The quantitative estimate of drug-likeness (QED) is 0.819. The SMILES string of the molecule is COc1ccccc1N1CC(CC#N)CC1(C)C. The number of benzene rings is 1. The van der Waals surface area contributed by atoms with Crippen molar-refractivity contribution in [2.24, 2.45) is 5.92 Å². The van der Waals surface area contributed by atoms with Crippen molar-refractivity contribution in [3.63, 3.8) is 0 Å². The molecule has 1 aliphatic rings. The van der Waals surface area contributed by atoms with Crippen LogP contribution in [0.1, 0.15) is 26.7 Å². The van der Waals surface area contributed by atoms with Crippen LogP contribution in [0.2, 0.25) is 0 Å². The van der Waals surface area contributed by atoms with Crippen LogP contribution in [0.15, 0.2) is 24.3 Å². The third kappa shape index (κ3) is 2.28. The second-order valence-electron chi connectivity index (χ2n) is 5.53. The molecular formula is C15H20N2O. The molecule has 0 saturated carbocycles. The van der Waals surface area contributed by atoms with Crippen molar-refractivity contribution in [3.05, 3.63) is 24.3 Å². The molecular weight excluding hydrogens is 224 g/mol. The number of hydrogen-bond donors (Lipinski definition) is 0. The van der Waals surface area contributed by atoms with Crippen LogP contribution < -0.4 is 9.64 Å². The van der Waals surface area contributed by atoms with Gasteiger partial charge in [-0.25, -0.2) is 0 Å². The molecule has 1 heterocycles. The smallest absolute Gasteiger partial charge is 0.142 e. The summed E-state index contributed by atoms with van der Waals surface area (Å²) in [6, 6.07) is 10.4. The predicted octanol–water partition coefficient (Wildman–Crippen LogP) is 3.21. The normalized spacial score (nSPS) is 21.7. The maximum absolute atomic E-state index is 8.86. The van der Waals surface area contributed by atoms with Gasteiger partial charge in [-0.15, -0.1) is 0 Å². The fourth-order valence-corrected chi connectivity index (χ4v) is 2.93. The van der Waals surface area contributed by atoms with Crippen LogP contribution in [0.25, 0.3) is 0 Å². The molecule has 1 atom stereocenters. The van der Waals surface area contributed by atoms with Gasteiger partial charge >= 0.3 is 0 Å². The summed E-state index contributed by atoms with van der Waals surface area (Å²) in [5.74, 6) is 1.36.